The van der Waals surface area contributed by atoms with Crippen molar-refractivity contribution < 1.29 is 14.2 Å². The van der Waals surface area contributed by atoms with Gasteiger partial charge < -0.3 is 19.9 Å². The lowest BCUT2D eigenvalue weighted by molar-refractivity contribution is 0.172. The molecule has 0 spiro atoms. The van der Waals surface area contributed by atoms with Crippen molar-refractivity contribution in [3.8, 4) is 11.5 Å². The number of methoxy groups -OCH3 is 1. The van der Waals surface area contributed by atoms with Crippen molar-refractivity contribution in [2.24, 2.45) is 0 Å². The molecule has 0 amide bonds. The van der Waals surface area contributed by atoms with E-state index in [1.807, 2.05) is 26.0 Å². The molecule has 0 bridgehead atoms. The molecule has 0 fully saturated rings. The normalized spacial score (nSPS) is 10.6. The third-order valence-electron chi connectivity index (χ3n) is 2.11. The molecule has 4 nitrogen and oxygen atoms in total. The molecule has 0 unspecified atom stereocenters. The summed E-state index contributed by atoms with van der Waals surface area (Å²) in [6.45, 7) is 5.25. The molecule has 0 aliphatic rings. The largest absolute Gasteiger partial charge is 0.493 e. The summed E-state index contributed by atoms with van der Waals surface area (Å²) in [4.78, 5) is 0. The molecule has 0 saturated heterocycles. The zero-order valence-electron chi connectivity index (χ0n) is 10.7. The molecule has 0 atom stereocenters. The first-order chi connectivity index (χ1) is 8.13. The standard InChI is InChI=1S/C13H21NO3/c1-10(2)17-13-9-11(5-6-12(13)14)16-8-4-7-15-3/h5-6,9-10H,4,7-8,14H2,1-3H3. The molecule has 0 aliphatic heterocycles. The Balaban J connectivity index is 2.55. The summed E-state index contributed by atoms with van der Waals surface area (Å²) in [5.41, 5.74) is 6.44. The summed E-state index contributed by atoms with van der Waals surface area (Å²) in [5, 5.41) is 0. The summed E-state index contributed by atoms with van der Waals surface area (Å²) >= 11 is 0. The van der Waals surface area contributed by atoms with Gasteiger partial charge >= 0.3 is 0 Å². The topological polar surface area (TPSA) is 53.7 Å². The van der Waals surface area contributed by atoms with Crippen LogP contribution in [0.2, 0.25) is 0 Å². The second-order valence-electron chi connectivity index (χ2n) is 4.06. The first-order valence-corrected chi connectivity index (χ1v) is 5.81. The maximum absolute atomic E-state index is 5.81. The van der Waals surface area contributed by atoms with Gasteiger partial charge in [0.15, 0.2) is 0 Å². The average Bonchev–Trinajstić information content (AvgIpc) is 2.28. The highest BCUT2D eigenvalue weighted by molar-refractivity contribution is 5.55. The predicted molar refractivity (Wildman–Crippen MR) is 68.6 cm³/mol. The minimum Gasteiger partial charge on any atom is -0.493 e. The fraction of sp³-hybridized carbons (Fsp3) is 0.538. The zero-order valence-corrected chi connectivity index (χ0v) is 10.7. The van der Waals surface area contributed by atoms with Crippen LogP contribution in [0.25, 0.3) is 0 Å². The highest BCUT2D eigenvalue weighted by Gasteiger charge is 2.05. The van der Waals surface area contributed by atoms with Crippen molar-refractivity contribution in [1.82, 2.24) is 0 Å². The molecule has 2 N–H and O–H groups in total. The molecule has 1 aromatic rings. The Morgan fingerprint density at radius 2 is 2.00 bits per heavy atom. The number of hydrogen-bond acceptors (Lipinski definition) is 4. The van der Waals surface area contributed by atoms with E-state index in [2.05, 4.69) is 0 Å². The second kappa shape index (κ2) is 7.01. The van der Waals surface area contributed by atoms with Gasteiger partial charge in [-0.15, -0.1) is 0 Å². The van der Waals surface area contributed by atoms with Crippen LogP contribution >= 0.6 is 0 Å². The van der Waals surface area contributed by atoms with Crippen LogP contribution in [0.15, 0.2) is 18.2 Å². The van der Waals surface area contributed by atoms with Gasteiger partial charge in [0.05, 0.1) is 18.4 Å². The highest BCUT2D eigenvalue weighted by Crippen LogP contribution is 2.27. The van der Waals surface area contributed by atoms with E-state index in [1.165, 1.54) is 0 Å². The lowest BCUT2D eigenvalue weighted by Crippen LogP contribution is -2.08. The monoisotopic (exact) mass is 239 g/mol. The Kier molecular flexibility index (Phi) is 5.63. The molecular weight excluding hydrogens is 218 g/mol. The second-order valence-corrected chi connectivity index (χ2v) is 4.06. The minimum absolute atomic E-state index is 0.0982. The molecule has 4 heteroatoms. The van der Waals surface area contributed by atoms with Crippen LogP contribution in [-0.2, 0) is 4.74 Å². The fourth-order valence-electron chi connectivity index (χ4n) is 1.35. The van der Waals surface area contributed by atoms with Crippen molar-refractivity contribution in [2.75, 3.05) is 26.1 Å². The van der Waals surface area contributed by atoms with Crippen LogP contribution in [0.1, 0.15) is 20.3 Å². The Hall–Kier alpha value is -1.42. The minimum atomic E-state index is 0.0982. The molecule has 0 aromatic heterocycles. The van der Waals surface area contributed by atoms with Crippen LogP contribution in [-0.4, -0.2) is 26.4 Å². The molecule has 17 heavy (non-hydrogen) atoms. The van der Waals surface area contributed by atoms with Crippen LogP contribution in [0.4, 0.5) is 5.69 Å². The van der Waals surface area contributed by atoms with E-state index >= 15 is 0 Å². The van der Waals surface area contributed by atoms with Crippen LogP contribution < -0.4 is 15.2 Å². The van der Waals surface area contributed by atoms with E-state index in [1.54, 1.807) is 13.2 Å². The summed E-state index contributed by atoms with van der Waals surface area (Å²) in [6.07, 6.45) is 0.961. The van der Waals surface area contributed by atoms with Crippen molar-refractivity contribution in [1.29, 1.82) is 0 Å². The molecule has 1 rings (SSSR count). The fourth-order valence-corrected chi connectivity index (χ4v) is 1.35. The van der Waals surface area contributed by atoms with E-state index in [0.717, 1.165) is 12.2 Å². The van der Waals surface area contributed by atoms with E-state index in [0.29, 0.717) is 24.7 Å². The van der Waals surface area contributed by atoms with Gasteiger partial charge in [0, 0.05) is 26.2 Å². The number of hydrogen-bond donors (Lipinski definition) is 1. The Labute approximate surface area is 103 Å². The lowest BCUT2D eigenvalue weighted by Gasteiger charge is -2.13. The highest BCUT2D eigenvalue weighted by atomic mass is 16.5. The maximum atomic E-state index is 5.81. The molecule has 0 saturated carbocycles. The Bertz CT molecular complexity index is 339. The van der Waals surface area contributed by atoms with Gasteiger partial charge in [-0.05, 0) is 26.0 Å². The average molecular weight is 239 g/mol. The third kappa shape index (κ3) is 4.95. The SMILES string of the molecule is COCCCOc1ccc(N)c(OC(C)C)c1. The van der Waals surface area contributed by atoms with Crippen molar-refractivity contribution in [2.45, 2.75) is 26.4 Å². The van der Waals surface area contributed by atoms with Crippen molar-refractivity contribution in [3.63, 3.8) is 0 Å². The first kappa shape index (κ1) is 13.6. The van der Waals surface area contributed by atoms with Crippen molar-refractivity contribution in [3.05, 3.63) is 18.2 Å². The van der Waals surface area contributed by atoms with Gasteiger partial charge in [0.25, 0.3) is 0 Å². The number of anilines is 1. The van der Waals surface area contributed by atoms with Crippen molar-refractivity contribution >= 4 is 5.69 Å². The van der Waals surface area contributed by atoms with E-state index < -0.39 is 0 Å². The number of nitrogen functional groups attached to an aromatic ring is 1. The number of rotatable bonds is 7. The Morgan fingerprint density at radius 1 is 1.24 bits per heavy atom. The van der Waals surface area contributed by atoms with Gasteiger partial charge in [-0.3, -0.25) is 0 Å². The van der Waals surface area contributed by atoms with Crippen LogP contribution in [0, 0.1) is 0 Å². The third-order valence-corrected chi connectivity index (χ3v) is 2.11. The number of nitrogens with two attached hydrogens (primary N) is 1. The van der Waals surface area contributed by atoms with Gasteiger partial charge in [-0.1, -0.05) is 0 Å². The molecule has 96 valence electrons. The van der Waals surface area contributed by atoms with E-state index in [-0.39, 0.29) is 6.10 Å². The summed E-state index contributed by atoms with van der Waals surface area (Å²) in [5.74, 6) is 1.44. The Morgan fingerprint density at radius 3 is 2.65 bits per heavy atom. The predicted octanol–water partition coefficient (Wildman–Crippen LogP) is 2.47. The summed E-state index contributed by atoms with van der Waals surface area (Å²) < 4.78 is 16.1. The maximum Gasteiger partial charge on any atom is 0.146 e. The molecule has 0 radical (unpaired) electrons. The van der Waals surface area contributed by atoms with E-state index in [4.69, 9.17) is 19.9 Å². The van der Waals surface area contributed by atoms with E-state index in [9.17, 15) is 0 Å². The van der Waals surface area contributed by atoms with Gasteiger partial charge in [0.1, 0.15) is 11.5 Å². The number of ether oxygens (including phenoxy) is 3. The first-order valence-electron chi connectivity index (χ1n) is 5.81. The molecule has 0 heterocycles. The quantitative estimate of drug-likeness (QED) is 0.586. The summed E-state index contributed by atoms with van der Waals surface area (Å²) in [6, 6.07) is 5.46. The van der Waals surface area contributed by atoms with Gasteiger partial charge in [0.2, 0.25) is 0 Å². The van der Waals surface area contributed by atoms with Gasteiger partial charge in [-0.25, -0.2) is 0 Å². The van der Waals surface area contributed by atoms with Crippen LogP contribution in [0.3, 0.4) is 0 Å². The lowest BCUT2D eigenvalue weighted by atomic mass is 10.2. The molecule has 0 aliphatic carbocycles. The zero-order chi connectivity index (χ0) is 12.7. The molecular formula is C13H21NO3. The summed E-state index contributed by atoms with van der Waals surface area (Å²) in [7, 11) is 1.68. The van der Waals surface area contributed by atoms with Crippen LogP contribution in [0.5, 0.6) is 11.5 Å². The number of benzene rings is 1. The molecule has 1 aromatic carbocycles. The van der Waals surface area contributed by atoms with Gasteiger partial charge in [-0.2, -0.15) is 0 Å². The smallest absolute Gasteiger partial charge is 0.146 e.